The van der Waals surface area contributed by atoms with E-state index in [9.17, 15) is 22.4 Å². The average molecular weight is 415 g/mol. The second-order valence-electron chi connectivity index (χ2n) is 6.06. The molecule has 1 heterocycles. The summed E-state index contributed by atoms with van der Waals surface area (Å²) in [6, 6.07) is 9.87. The van der Waals surface area contributed by atoms with E-state index in [-0.39, 0.29) is 29.6 Å². The second-order valence-corrected chi connectivity index (χ2v) is 6.06. The zero-order chi connectivity index (χ0) is 21.7. The lowest BCUT2D eigenvalue weighted by atomic mass is 10.1. The number of hydrogen-bond donors (Lipinski definition) is 2. The third-order valence-electron chi connectivity index (χ3n) is 3.99. The third kappa shape index (κ3) is 4.88. The Morgan fingerprint density at radius 3 is 2.43 bits per heavy atom. The molecule has 2 N–H and O–H groups in total. The molecule has 30 heavy (non-hydrogen) atoms. The highest BCUT2D eigenvalue weighted by molar-refractivity contribution is 6.06. The van der Waals surface area contributed by atoms with Crippen molar-refractivity contribution in [3.05, 3.63) is 83.1 Å². The van der Waals surface area contributed by atoms with Crippen LogP contribution in [0, 0.1) is 17.1 Å². The zero-order valence-electron chi connectivity index (χ0n) is 15.2. The van der Waals surface area contributed by atoms with Gasteiger partial charge in [0.2, 0.25) is 0 Å². The maximum Gasteiger partial charge on any atom is 0.417 e. The van der Waals surface area contributed by atoms with Crippen LogP contribution in [0.25, 0.3) is 0 Å². The van der Waals surface area contributed by atoms with Crippen LogP contribution in [-0.4, -0.2) is 15.9 Å². The van der Waals surface area contributed by atoms with Crippen LogP contribution in [0.15, 0.2) is 54.9 Å². The van der Waals surface area contributed by atoms with Gasteiger partial charge in [0.25, 0.3) is 5.91 Å². The van der Waals surface area contributed by atoms with Crippen LogP contribution in [0.5, 0.6) is 0 Å². The lowest BCUT2D eigenvalue weighted by molar-refractivity contribution is -0.137. The number of carbonyl (C=O) groups excluding carboxylic acids is 1. The van der Waals surface area contributed by atoms with Crippen molar-refractivity contribution in [2.75, 3.05) is 10.6 Å². The van der Waals surface area contributed by atoms with Gasteiger partial charge in [0.1, 0.15) is 5.82 Å². The van der Waals surface area contributed by atoms with Gasteiger partial charge in [0.15, 0.2) is 11.5 Å². The molecule has 10 heteroatoms. The minimum atomic E-state index is -4.68. The molecule has 0 aliphatic carbocycles. The van der Waals surface area contributed by atoms with E-state index < -0.39 is 23.2 Å². The molecule has 1 aromatic heterocycles. The molecule has 0 aliphatic heterocycles. The fourth-order valence-electron chi connectivity index (χ4n) is 2.57. The van der Waals surface area contributed by atoms with Gasteiger partial charge in [0.05, 0.1) is 17.2 Å². The van der Waals surface area contributed by atoms with E-state index in [0.717, 1.165) is 23.8 Å². The lowest BCUT2D eigenvalue weighted by Crippen LogP contribution is -2.18. The van der Waals surface area contributed by atoms with Crippen molar-refractivity contribution in [3.63, 3.8) is 0 Å². The number of benzene rings is 2. The number of anilines is 2. The fourth-order valence-corrected chi connectivity index (χ4v) is 2.57. The zero-order valence-corrected chi connectivity index (χ0v) is 15.2. The highest BCUT2D eigenvalue weighted by Crippen LogP contribution is 2.33. The van der Waals surface area contributed by atoms with E-state index in [1.807, 2.05) is 0 Å². The molecule has 3 aromatic rings. The highest BCUT2D eigenvalue weighted by atomic mass is 19.4. The van der Waals surface area contributed by atoms with Crippen LogP contribution in [0.3, 0.4) is 0 Å². The summed E-state index contributed by atoms with van der Waals surface area (Å²) >= 11 is 0. The van der Waals surface area contributed by atoms with E-state index in [2.05, 4.69) is 20.6 Å². The number of nitrogens with one attached hydrogen (secondary N) is 2. The Hall–Kier alpha value is -4.00. The van der Waals surface area contributed by atoms with E-state index >= 15 is 0 Å². The van der Waals surface area contributed by atoms with E-state index in [1.54, 1.807) is 12.1 Å². The van der Waals surface area contributed by atoms with Crippen LogP contribution < -0.4 is 10.6 Å². The monoisotopic (exact) mass is 415 g/mol. The molecule has 0 fully saturated rings. The predicted molar refractivity (Wildman–Crippen MR) is 99.9 cm³/mol. The van der Waals surface area contributed by atoms with Gasteiger partial charge >= 0.3 is 6.18 Å². The number of rotatable bonds is 5. The van der Waals surface area contributed by atoms with Gasteiger partial charge in [-0.05, 0) is 35.9 Å². The SMILES string of the molecule is N#Cc1cc(NC(=O)c2nccnc2NCc2ccc(F)cc2)ccc1C(F)(F)F. The summed E-state index contributed by atoms with van der Waals surface area (Å²) in [7, 11) is 0. The Bertz CT molecular complexity index is 1110. The molecule has 0 saturated carbocycles. The van der Waals surface area contributed by atoms with E-state index in [0.29, 0.717) is 0 Å². The van der Waals surface area contributed by atoms with Gasteiger partial charge in [-0.1, -0.05) is 12.1 Å². The number of nitrogens with zero attached hydrogens (tertiary/aromatic N) is 3. The predicted octanol–water partition coefficient (Wildman–Crippen LogP) is 4.37. The molecule has 1 amide bonds. The van der Waals surface area contributed by atoms with Gasteiger partial charge in [-0.15, -0.1) is 0 Å². The minimum absolute atomic E-state index is 0.000289. The summed E-state index contributed by atoms with van der Waals surface area (Å²) in [5.74, 6) is -0.980. The summed E-state index contributed by atoms with van der Waals surface area (Å²) in [5, 5.41) is 14.3. The van der Waals surface area contributed by atoms with Crippen LogP contribution in [0.2, 0.25) is 0 Å². The lowest BCUT2D eigenvalue weighted by Gasteiger charge is -2.12. The quantitative estimate of drug-likeness (QED) is 0.604. The van der Waals surface area contributed by atoms with Crippen LogP contribution in [0.4, 0.5) is 29.1 Å². The molecule has 6 nitrogen and oxygen atoms in total. The third-order valence-corrected chi connectivity index (χ3v) is 3.99. The van der Waals surface area contributed by atoms with Crippen molar-refractivity contribution in [1.29, 1.82) is 5.26 Å². The second kappa shape index (κ2) is 8.57. The number of halogens is 4. The van der Waals surface area contributed by atoms with Crippen LogP contribution in [0.1, 0.15) is 27.2 Å². The molecule has 0 radical (unpaired) electrons. The summed E-state index contributed by atoms with van der Waals surface area (Å²) in [4.78, 5) is 20.6. The van der Waals surface area contributed by atoms with Crippen molar-refractivity contribution in [2.24, 2.45) is 0 Å². The normalized spacial score (nSPS) is 10.9. The van der Waals surface area contributed by atoms with Crippen molar-refractivity contribution in [2.45, 2.75) is 12.7 Å². The fraction of sp³-hybridized carbons (Fsp3) is 0.100. The molecule has 0 spiro atoms. The van der Waals surface area contributed by atoms with Crippen LogP contribution >= 0.6 is 0 Å². The Balaban J connectivity index is 1.78. The van der Waals surface area contributed by atoms with Crippen molar-refractivity contribution in [3.8, 4) is 6.07 Å². The van der Waals surface area contributed by atoms with Gasteiger partial charge in [-0.25, -0.2) is 14.4 Å². The maximum absolute atomic E-state index is 13.0. The first-order valence-electron chi connectivity index (χ1n) is 8.50. The molecule has 0 unspecified atom stereocenters. The number of alkyl halides is 3. The maximum atomic E-state index is 13.0. The molecule has 2 aromatic carbocycles. The molecule has 0 saturated heterocycles. The van der Waals surface area contributed by atoms with Gasteiger partial charge < -0.3 is 10.6 Å². The first kappa shape index (κ1) is 20.7. The standard InChI is InChI=1S/C20H13F4N5O/c21-14-3-1-12(2-4-14)11-28-18-17(26-7-8-27-18)19(30)29-15-5-6-16(20(22,23)24)13(9-15)10-25/h1-9H,11H2,(H,27,28)(H,29,30). The summed E-state index contributed by atoms with van der Waals surface area (Å²) in [6.45, 7) is 0.234. The Morgan fingerprint density at radius 1 is 1.07 bits per heavy atom. The molecule has 0 atom stereocenters. The topological polar surface area (TPSA) is 90.7 Å². The number of hydrogen-bond acceptors (Lipinski definition) is 5. The highest BCUT2D eigenvalue weighted by Gasteiger charge is 2.33. The number of aromatic nitrogens is 2. The average Bonchev–Trinajstić information content (AvgIpc) is 2.72. The summed E-state index contributed by atoms with van der Waals surface area (Å²) in [5.41, 5.74) is -1.08. The Labute approximate surface area is 168 Å². The Morgan fingerprint density at radius 2 is 1.77 bits per heavy atom. The van der Waals surface area contributed by atoms with Crippen molar-refractivity contribution >= 4 is 17.4 Å². The van der Waals surface area contributed by atoms with Gasteiger partial charge in [-0.2, -0.15) is 18.4 Å². The van der Waals surface area contributed by atoms with Crippen LogP contribution in [-0.2, 0) is 12.7 Å². The van der Waals surface area contributed by atoms with E-state index in [4.69, 9.17) is 5.26 Å². The van der Waals surface area contributed by atoms with E-state index in [1.165, 1.54) is 30.6 Å². The molecule has 152 valence electrons. The molecule has 3 rings (SSSR count). The first-order chi connectivity index (χ1) is 14.3. The largest absolute Gasteiger partial charge is 0.417 e. The van der Waals surface area contributed by atoms with Gasteiger partial charge in [-0.3, -0.25) is 4.79 Å². The molecule has 0 bridgehead atoms. The molecular weight excluding hydrogens is 402 g/mol. The minimum Gasteiger partial charge on any atom is -0.364 e. The first-order valence-corrected chi connectivity index (χ1v) is 8.50. The van der Waals surface area contributed by atoms with Crippen molar-refractivity contribution < 1.29 is 22.4 Å². The van der Waals surface area contributed by atoms with Gasteiger partial charge in [0, 0.05) is 24.6 Å². The smallest absolute Gasteiger partial charge is 0.364 e. The summed E-state index contributed by atoms with van der Waals surface area (Å²) in [6.07, 6.45) is -2.04. The molecule has 0 aliphatic rings. The number of nitriles is 1. The molecular formula is C20H13F4N5O. The Kier molecular flexibility index (Phi) is 5.92. The summed E-state index contributed by atoms with van der Waals surface area (Å²) < 4.78 is 51.7. The van der Waals surface area contributed by atoms with Crippen molar-refractivity contribution in [1.82, 2.24) is 9.97 Å². The number of carbonyl (C=O) groups is 1. The number of amides is 1.